The number of aromatic nitrogens is 12. The first-order valence-electron chi connectivity index (χ1n) is 22.2. The Morgan fingerprint density at radius 1 is 0.662 bits per heavy atom. The molecule has 2 amide bonds. The number of nitrogens with two attached hydrogens (primary N) is 1. The van der Waals surface area contributed by atoms with Gasteiger partial charge in [-0.25, -0.2) is 22.4 Å². The molecule has 0 saturated heterocycles. The molecule has 68 heavy (non-hydrogen) atoms. The van der Waals surface area contributed by atoms with Crippen molar-refractivity contribution < 1.29 is 22.4 Å². The fourth-order valence-electron chi connectivity index (χ4n) is 8.07. The largest absolute Gasteiger partial charge is 0.336 e. The van der Waals surface area contributed by atoms with Crippen molar-refractivity contribution in [3.8, 4) is 45.0 Å². The van der Waals surface area contributed by atoms with Crippen LogP contribution in [0.15, 0.2) is 103 Å². The van der Waals surface area contributed by atoms with E-state index < -0.39 is 23.3 Å². The summed E-state index contributed by atoms with van der Waals surface area (Å²) in [6.45, 7) is 9.23. The lowest BCUT2D eigenvalue weighted by molar-refractivity contribution is 0.239. The lowest BCUT2D eigenvalue weighted by Crippen LogP contribution is -2.39. The second kappa shape index (κ2) is 19.2. The van der Waals surface area contributed by atoms with Gasteiger partial charge in [-0.1, -0.05) is 58.0 Å². The van der Waals surface area contributed by atoms with Crippen LogP contribution in [-0.2, 0) is 13.1 Å². The van der Waals surface area contributed by atoms with E-state index in [2.05, 4.69) is 58.5 Å². The standard InChI is InChI=1S/C29H28F2N8O.C19H19F2N7/c1-17(2)28-36-35-26-11-10-24(37-39(26)28)22-16-33-38(27(22)20-9-8-19(30)14-23(20)31)13-12-32-29(40)34-25-15-21(25)18-6-4-3-5-7-18;1-11(2)19-25-24-17-6-5-16(26-28(17)19)14-10-23-27(8-7-22)18(14)13-4-3-12(20)9-15(13)21/h3-11,14,16-17,21,25H,12-13,15H2,1-2H3,(H2,32,34,40);3-6,9-11H,7-8,22H2,1-2H3/t21-,25?;/m0./s1. The van der Waals surface area contributed by atoms with Crippen LogP contribution in [0.1, 0.15) is 69.1 Å². The van der Waals surface area contributed by atoms with Crippen LogP contribution in [0, 0.1) is 23.3 Å². The lowest BCUT2D eigenvalue weighted by Gasteiger charge is -2.13. The number of urea groups is 1. The van der Waals surface area contributed by atoms with Crippen LogP contribution < -0.4 is 16.4 Å². The number of carbonyl (C=O) groups is 1. The molecule has 1 aliphatic rings. The maximum absolute atomic E-state index is 15.0. The van der Waals surface area contributed by atoms with E-state index in [4.69, 9.17) is 10.8 Å². The molecule has 9 aromatic rings. The molecule has 3 aromatic carbocycles. The fourth-order valence-corrected chi connectivity index (χ4v) is 8.07. The second-order valence-corrected chi connectivity index (χ2v) is 17.0. The van der Waals surface area contributed by atoms with Crippen molar-refractivity contribution in [3.05, 3.63) is 144 Å². The molecule has 16 nitrogen and oxygen atoms in total. The third kappa shape index (κ3) is 9.26. The summed E-state index contributed by atoms with van der Waals surface area (Å²) in [7, 11) is 0. The molecule has 0 spiro atoms. The highest BCUT2D eigenvalue weighted by Crippen LogP contribution is 2.40. The highest BCUT2D eigenvalue weighted by Gasteiger charge is 2.39. The fraction of sp³-hybridized carbons (Fsp3) is 0.271. The predicted molar refractivity (Wildman–Crippen MR) is 246 cm³/mol. The third-order valence-electron chi connectivity index (χ3n) is 11.5. The first-order valence-corrected chi connectivity index (χ1v) is 22.2. The summed E-state index contributed by atoms with van der Waals surface area (Å²) in [5, 5.41) is 40.8. The maximum Gasteiger partial charge on any atom is 0.315 e. The minimum Gasteiger partial charge on any atom is -0.336 e. The van der Waals surface area contributed by atoms with Crippen molar-refractivity contribution in [1.29, 1.82) is 0 Å². The Hall–Kier alpha value is -7.87. The number of halogens is 4. The average Bonchev–Trinajstić information content (AvgIpc) is 3.73. The molecule has 1 saturated carbocycles. The molecule has 348 valence electrons. The number of fused-ring (bicyclic) bond motifs is 2. The number of carbonyl (C=O) groups excluding carboxylic acids is 1. The van der Waals surface area contributed by atoms with Crippen LogP contribution in [-0.4, -0.2) is 84.3 Å². The van der Waals surface area contributed by atoms with Crippen molar-refractivity contribution in [3.63, 3.8) is 0 Å². The quantitative estimate of drug-likeness (QED) is 0.0959. The minimum absolute atomic E-state index is 0.0883. The molecular formula is C48H47F4N15O. The molecule has 10 rings (SSSR count). The van der Waals surface area contributed by atoms with Crippen molar-refractivity contribution in [2.75, 3.05) is 13.1 Å². The monoisotopic (exact) mass is 925 g/mol. The van der Waals surface area contributed by atoms with Gasteiger partial charge < -0.3 is 16.4 Å². The Morgan fingerprint density at radius 2 is 1.18 bits per heavy atom. The molecule has 6 aromatic heterocycles. The normalized spacial score (nSPS) is 14.5. The van der Waals surface area contributed by atoms with E-state index in [1.54, 1.807) is 55.1 Å². The molecule has 20 heteroatoms. The van der Waals surface area contributed by atoms with Gasteiger partial charge in [0.25, 0.3) is 0 Å². The summed E-state index contributed by atoms with van der Waals surface area (Å²) in [5.41, 5.74) is 11.7. The SMILES string of the molecule is CC(C)c1nnc2ccc(-c3cnn(CCN)c3-c3ccc(F)cc3F)nn12.CC(C)c1nnc2ccc(-c3cnn(CCNC(=O)NC4C[C@H]4c4ccccc4)c3-c3ccc(F)cc3F)nn12. The summed E-state index contributed by atoms with van der Waals surface area (Å²) in [6.07, 6.45) is 4.11. The number of nitrogens with one attached hydrogen (secondary N) is 2. The number of rotatable bonds is 13. The van der Waals surface area contributed by atoms with Gasteiger partial charge >= 0.3 is 6.03 Å². The van der Waals surface area contributed by atoms with Gasteiger partial charge in [-0.15, -0.1) is 20.4 Å². The van der Waals surface area contributed by atoms with Crippen molar-refractivity contribution in [2.45, 2.75) is 71.0 Å². The zero-order chi connectivity index (χ0) is 47.6. The number of hydrogen-bond acceptors (Lipinski definition) is 10. The Balaban J connectivity index is 0.000000181. The summed E-state index contributed by atoms with van der Waals surface area (Å²) < 4.78 is 63.3. The van der Waals surface area contributed by atoms with Gasteiger partial charge in [0.2, 0.25) is 0 Å². The number of amides is 2. The molecule has 0 aliphatic heterocycles. The van der Waals surface area contributed by atoms with Crippen molar-refractivity contribution in [1.82, 2.24) is 69.8 Å². The van der Waals surface area contributed by atoms with E-state index in [-0.39, 0.29) is 48.1 Å². The number of benzene rings is 3. The van der Waals surface area contributed by atoms with Gasteiger partial charge in [0.15, 0.2) is 22.9 Å². The third-order valence-corrected chi connectivity index (χ3v) is 11.5. The van der Waals surface area contributed by atoms with E-state index in [1.165, 1.54) is 29.8 Å². The predicted octanol–water partition coefficient (Wildman–Crippen LogP) is 7.93. The van der Waals surface area contributed by atoms with Crippen LogP contribution in [0.5, 0.6) is 0 Å². The van der Waals surface area contributed by atoms with Crippen LogP contribution in [0.2, 0.25) is 0 Å². The lowest BCUT2D eigenvalue weighted by atomic mass is 10.0. The van der Waals surface area contributed by atoms with E-state index in [0.29, 0.717) is 70.0 Å². The summed E-state index contributed by atoms with van der Waals surface area (Å²) in [4.78, 5) is 12.5. The topological polar surface area (TPSA) is 189 Å². The molecule has 0 bridgehead atoms. The van der Waals surface area contributed by atoms with Crippen molar-refractivity contribution >= 4 is 17.3 Å². The zero-order valence-corrected chi connectivity index (χ0v) is 37.5. The maximum atomic E-state index is 15.0. The van der Waals surface area contributed by atoms with E-state index in [1.807, 2.05) is 45.9 Å². The molecule has 2 atom stereocenters. The van der Waals surface area contributed by atoms with Crippen LogP contribution in [0.25, 0.3) is 56.3 Å². The minimum atomic E-state index is -0.720. The highest BCUT2D eigenvalue weighted by atomic mass is 19.1. The number of nitrogens with zero attached hydrogens (tertiary/aromatic N) is 12. The smallest absolute Gasteiger partial charge is 0.315 e. The Bertz CT molecular complexity index is 3250. The van der Waals surface area contributed by atoms with Crippen LogP contribution in [0.4, 0.5) is 22.4 Å². The molecule has 0 radical (unpaired) electrons. The van der Waals surface area contributed by atoms with E-state index in [0.717, 1.165) is 24.4 Å². The van der Waals surface area contributed by atoms with Gasteiger partial charge in [-0.05, 0) is 60.5 Å². The van der Waals surface area contributed by atoms with Gasteiger partial charge in [-0.3, -0.25) is 9.36 Å². The highest BCUT2D eigenvalue weighted by molar-refractivity contribution is 5.81. The van der Waals surface area contributed by atoms with E-state index in [9.17, 15) is 18.0 Å². The van der Waals surface area contributed by atoms with Gasteiger partial charge in [0.05, 0.1) is 48.3 Å². The van der Waals surface area contributed by atoms with Gasteiger partial charge in [0, 0.05) is 71.3 Å². The Morgan fingerprint density at radius 3 is 1.66 bits per heavy atom. The molecular weight excluding hydrogens is 879 g/mol. The Kier molecular flexibility index (Phi) is 12.8. The first-order chi connectivity index (χ1) is 32.9. The first kappa shape index (κ1) is 45.3. The van der Waals surface area contributed by atoms with Gasteiger partial charge in [-0.2, -0.15) is 29.4 Å². The zero-order valence-electron chi connectivity index (χ0n) is 37.5. The summed E-state index contributed by atoms with van der Waals surface area (Å²) in [6, 6.07) is 23.9. The average molecular weight is 926 g/mol. The number of hydrogen-bond donors (Lipinski definition) is 3. The molecule has 4 N–H and O–H groups in total. The summed E-state index contributed by atoms with van der Waals surface area (Å²) >= 11 is 0. The van der Waals surface area contributed by atoms with Crippen LogP contribution in [0.3, 0.4) is 0 Å². The van der Waals surface area contributed by atoms with E-state index >= 15 is 4.39 Å². The van der Waals surface area contributed by atoms with Gasteiger partial charge in [0.1, 0.15) is 23.3 Å². The molecule has 1 fully saturated rings. The summed E-state index contributed by atoms with van der Waals surface area (Å²) in [5.74, 6) is -0.752. The van der Waals surface area contributed by atoms with Crippen molar-refractivity contribution in [2.24, 2.45) is 5.73 Å². The second-order valence-electron chi connectivity index (χ2n) is 17.0. The molecule has 1 unspecified atom stereocenters. The Labute approximate surface area is 387 Å². The molecule has 6 heterocycles. The van der Waals surface area contributed by atoms with Crippen LogP contribution >= 0.6 is 0 Å². The molecule has 1 aliphatic carbocycles.